The maximum atomic E-state index is 11.6. The lowest BCUT2D eigenvalue weighted by Crippen LogP contribution is -2.25. The Labute approximate surface area is 133 Å². The molecule has 0 bridgehead atoms. The molecule has 0 fully saturated rings. The minimum Gasteiger partial charge on any atom is -0.356 e. The average molecular weight is 311 g/mol. The minimum absolute atomic E-state index is 0.0630. The molecule has 0 heterocycles. The van der Waals surface area contributed by atoms with E-state index in [4.69, 9.17) is 0 Å². The van der Waals surface area contributed by atoms with Gasteiger partial charge in [-0.1, -0.05) is 13.8 Å². The largest absolute Gasteiger partial charge is 0.356 e. The second kappa shape index (κ2) is 11.1. The standard InChI is InChI=1S/C17H29NO4/c1-12(14(3)19)7-9-16(21)6-5-11-18-17(22)10-8-13(2)15(4)20/h12-13H,5-11H2,1-4H3,(H,18,22). The van der Waals surface area contributed by atoms with Crippen LogP contribution in [0.5, 0.6) is 0 Å². The van der Waals surface area contributed by atoms with Gasteiger partial charge in [0.25, 0.3) is 0 Å². The molecule has 1 amide bonds. The Morgan fingerprint density at radius 3 is 1.82 bits per heavy atom. The summed E-state index contributed by atoms with van der Waals surface area (Å²) in [5.74, 6) is 0.110. The second-order valence-corrected chi connectivity index (χ2v) is 6.09. The molecule has 126 valence electrons. The summed E-state index contributed by atoms with van der Waals surface area (Å²) in [7, 11) is 0. The van der Waals surface area contributed by atoms with E-state index in [9.17, 15) is 19.2 Å². The summed E-state index contributed by atoms with van der Waals surface area (Å²) in [5, 5.41) is 2.76. The first-order valence-corrected chi connectivity index (χ1v) is 8.03. The lowest BCUT2D eigenvalue weighted by molar-refractivity contribution is -0.124. The summed E-state index contributed by atoms with van der Waals surface area (Å²) in [6, 6.07) is 0. The zero-order valence-corrected chi connectivity index (χ0v) is 14.2. The summed E-state index contributed by atoms with van der Waals surface area (Å²) >= 11 is 0. The topological polar surface area (TPSA) is 80.3 Å². The monoisotopic (exact) mass is 311 g/mol. The van der Waals surface area contributed by atoms with Crippen LogP contribution < -0.4 is 5.32 Å². The normalized spacial score (nSPS) is 13.3. The zero-order valence-electron chi connectivity index (χ0n) is 14.2. The molecule has 0 aromatic rings. The molecular formula is C17H29NO4. The zero-order chi connectivity index (χ0) is 17.1. The Balaban J connectivity index is 3.67. The Hall–Kier alpha value is -1.52. The van der Waals surface area contributed by atoms with Crippen molar-refractivity contribution in [3.63, 3.8) is 0 Å². The first-order valence-electron chi connectivity index (χ1n) is 8.03. The van der Waals surface area contributed by atoms with Crippen molar-refractivity contribution < 1.29 is 19.2 Å². The molecule has 0 aliphatic carbocycles. The van der Waals surface area contributed by atoms with Gasteiger partial charge in [0, 0.05) is 37.6 Å². The van der Waals surface area contributed by atoms with Crippen LogP contribution in [0, 0.1) is 11.8 Å². The SMILES string of the molecule is CC(=O)C(C)CCC(=O)CCCNC(=O)CCC(C)C(C)=O. The van der Waals surface area contributed by atoms with E-state index < -0.39 is 0 Å². The van der Waals surface area contributed by atoms with Crippen LogP contribution in [0.25, 0.3) is 0 Å². The predicted molar refractivity (Wildman–Crippen MR) is 85.4 cm³/mol. The maximum absolute atomic E-state index is 11.6. The number of hydrogen-bond acceptors (Lipinski definition) is 4. The molecule has 2 atom stereocenters. The van der Waals surface area contributed by atoms with Gasteiger partial charge in [0.15, 0.2) is 0 Å². The third-order valence-corrected chi connectivity index (χ3v) is 4.00. The first kappa shape index (κ1) is 20.5. The van der Waals surface area contributed by atoms with Gasteiger partial charge in [-0.05, 0) is 33.1 Å². The Bertz CT molecular complexity index is 365. The van der Waals surface area contributed by atoms with Gasteiger partial charge in [-0.25, -0.2) is 0 Å². The van der Waals surface area contributed by atoms with Gasteiger partial charge >= 0.3 is 0 Å². The molecule has 0 aromatic heterocycles. The van der Waals surface area contributed by atoms with E-state index in [0.717, 1.165) is 0 Å². The van der Waals surface area contributed by atoms with E-state index in [1.54, 1.807) is 0 Å². The van der Waals surface area contributed by atoms with Crippen LogP contribution in [-0.4, -0.2) is 29.8 Å². The molecule has 5 nitrogen and oxygen atoms in total. The molecule has 0 rings (SSSR count). The van der Waals surface area contributed by atoms with E-state index in [2.05, 4.69) is 5.32 Å². The van der Waals surface area contributed by atoms with Crippen molar-refractivity contribution in [3.8, 4) is 0 Å². The van der Waals surface area contributed by atoms with Gasteiger partial charge < -0.3 is 5.32 Å². The molecule has 0 spiro atoms. The predicted octanol–water partition coefficient (Wildman–Crippen LogP) is 2.46. The Morgan fingerprint density at radius 1 is 0.818 bits per heavy atom. The first-order chi connectivity index (χ1) is 10.2. The van der Waals surface area contributed by atoms with Crippen molar-refractivity contribution in [2.24, 2.45) is 11.8 Å². The van der Waals surface area contributed by atoms with Gasteiger partial charge in [0.2, 0.25) is 5.91 Å². The van der Waals surface area contributed by atoms with Crippen LogP contribution in [0.15, 0.2) is 0 Å². The fraction of sp³-hybridized carbons (Fsp3) is 0.765. The van der Waals surface area contributed by atoms with Gasteiger partial charge in [0.1, 0.15) is 17.3 Å². The van der Waals surface area contributed by atoms with Crippen LogP contribution in [0.1, 0.15) is 66.2 Å². The number of nitrogens with one attached hydrogen (secondary N) is 1. The number of rotatable bonds is 12. The molecule has 1 N–H and O–H groups in total. The number of hydrogen-bond donors (Lipinski definition) is 1. The Kier molecular flexibility index (Phi) is 10.3. The summed E-state index contributed by atoms with van der Waals surface area (Å²) in [5.41, 5.74) is 0. The number of amides is 1. The van der Waals surface area contributed by atoms with E-state index in [0.29, 0.717) is 45.1 Å². The Morgan fingerprint density at radius 2 is 1.32 bits per heavy atom. The minimum atomic E-state index is -0.0874. The number of ketones is 3. The van der Waals surface area contributed by atoms with Crippen molar-refractivity contribution >= 4 is 23.3 Å². The lowest BCUT2D eigenvalue weighted by Gasteiger charge is -2.08. The van der Waals surface area contributed by atoms with Crippen molar-refractivity contribution in [2.45, 2.75) is 66.2 Å². The van der Waals surface area contributed by atoms with Crippen LogP contribution >= 0.6 is 0 Å². The summed E-state index contributed by atoms with van der Waals surface area (Å²) < 4.78 is 0. The van der Waals surface area contributed by atoms with Crippen molar-refractivity contribution in [1.82, 2.24) is 5.32 Å². The highest BCUT2D eigenvalue weighted by atomic mass is 16.2. The van der Waals surface area contributed by atoms with Crippen molar-refractivity contribution in [1.29, 1.82) is 0 Å². The number of Topliss-reactive ketones (excluding diaryl/α,β-unsaturated/α-hetero) is 3. The molecule has 0 saturated heterocycles. The quantitative estimate of drug-likeness (QED) is 0.561. The molecule has 0 saturated carbocycles. The smallest absolute Gasteiger partial charge is 0.220 e. The van der Waals surface area contributed by atoms with E-state index in [1.807, 2.05) is 13.8 Å². The van der Waals surface area contributed by atoms with Gasteiger partial charge in [-0.15, -0.1) is 0 Å². The highest BCUT2D eigenvalue weighted by molar-refractivity contribution is 5.81. The molecular weight excluding hydrogens is 282 g/mol. The van der Waals surface area contributed by atoms with E-state index in [-0.39, 0.29) is 35.1 Å². The molecule has 2 unspecified atom stereocenters. The average Bonchev–Trinajstić information content (AvgIpc) is 2.46. The van der Waals surface area contributed by atoms with Gasteiger partial charge in [-0.2, -0.15) is 0 Å². The maximum Gasteiger partial charge on any atom is 0.220 e. The lowest BCUT2D eigenvalue weighted by atomic mass is 9.98. The number of carbonyl (C=O) groups is 4. The summed E-state index contributed by atoms with van der Waals surface area (Å²) in [4.78, 5) is 45.3. The fourth-order valence-electron chi connectivity index (χ4n) is 1.86. The second-order valence-electron chi connectivity index (χ2n) is 6.09. The molecule has 0 radical (unpaired) electrons. The molecule has 0 aliphatic rings. The highest BCUT2D eigenvalue weighted by Crippen LogP contribution is 2.09. The highest BCUT2D eigenvalue weighted by Gasteiger charge is 2.12. The molecule has 5 heteroatoms. The molecule has 0 aromatic carbocycles. The van der Waals surface area contributed by atoms with Gasteiger partial charge in [0.05, 0.1) is 0 Å². The van der Waals surface area contributed by atoms with E-state index >= 15 is 0 Å². The summed E-state index contributed by atoms with van der Waals surface area (Å²) in [6.45, 7) is 7.19. The van der Waals surface area contributed by atoms with E-state index in [1.165, 1.54) is 13.8 Å². The summed E-state index contributed by atoms with van der Waals surface area (Å²) in [6.07, 6.45) is 2.96. The van der Waals surface area contributed by atoms with Crippen LogP contribution in [0.3, 0.4) is 0 Å². The van der Waals surface area contributed by atoms with Crippen LogP contribution in [0.4, 0.5) is 0 Å². The fourth-order valence-corrected chi connectivity index (χ4v) is 1.86. The van der Waals surface area contributed by atoms with Crippen molar-refractivity contribution in [2.75, 3.05) is 6.54 Å². The third kappa shape index (κ3) is 10.2. The van der Waals surface area contributed by atoms with Crippen molar-refractivity contribution in [3.05, 3.63) is 0 Å². The number of carbonyl (C=O) groups excluding carboxylic acids is 4. The van der Waals surface area contributed by atoms with Crippen LogP contribution in [0.2, 0.25) is 0 Å². The molecule has 22 heavy (non-hydrogen) atoms. The third-order valence-electron chi connectivity index (χ3n) is 4.00. The van der Waals surface area contributed by atoms with Gasteiger partial charge in [-0.3, -0.25) is 19.2 Å². The van der Waals surface area contributed by atoms with Crippen LogP contribution in [-0.2, 0) is 19.2 Å². The molecule has 0 aliphatic heterocycles.